The number of aryl methyl sites for hydroxylation is 1. The van der Waals surface area contributed by atoms with E-state index in [2.05, 4.69) is 43.5 Å². The molecule has 0 saturated carbocycles. The molecular weight excluding hydrogens is 342 g/mol. The molecule has 0 radical (unpaired) electrons. The van der Waals surface area contributed by atoms with E-state index in [1.54, 1.807) is 6.07 Å². The van der Waals surface area contributed by atoms with Gasteiger partial charge in [-0.1, -0.05) is 18.2 Å². The lowest BCUT2D eigenvalue weighted by Crippen LogP contribution is -2.41. The van der Waals surface area contributed by atoms with Gasteiger partial charge in [0.05, 0.1) is 13.2 Å². The minimum absolute atomic E-state index is 0.179. The molecule has 27 heavy (non-hydrogen) atoms. The molecule has 7 nitrogen and oxygen atoms in total. The monoisotopic (exact) mass is 367 g/mol. The number of carbonyl (C=O) groups excluding carboxylic acids is 1. The number of hydrogen-bond donors (Lipinski definition) is 1. The van der Waals surface area contributed by atoms with Crippen LogP contribution in [0.1, 0.15) is 22.5 Å². The Morgan fingerprint density at radius 3 is 2.74 bits per heavy atom. The van der Waals surface area contributed by atoms with Crippen LogP contribution in [0.2, 0.25) is 0 Å². The zero-order valence-electron chi connectivity index (χ0n) is 15.4. The molecule has 0 unspecified atom stereocenters. The average molecular weight is 367 g/mol. The van der Waals surface area contributed by atoms with Gasteiger partial charge in [0.1, 0.15) is 0 Å². The van der Waals surface area contributed by atoms with Crippen molar-refractivity contribution in [2.45, 2.75) is 12.8 Å². The van der Waals surface area contributed by atoms with Crippen LogP contribution in [0, 0.1) is 0 Å². The number of nitrogens with one attached hydrogen (secondary N) is 1. The fraction of sp³-hybridized carbons (Fsp3) is 0.450. The maximum absolute atomic E-state index is 12.3. The predicted molar refractivity (Wildman–Crippen MR) is 103 cm³/mol. The Bertz CT molecular complexity index is 774. The number of aromatic nitrogens is 2. The van der Waals surface area contributed by atoms with Crippen LogP contribution < -0.4 is 10.2 Å². The average Bonchev–Trinajstić information content (AvgIpc) is 2.74. The van der Waals surface area contributed by atoms with Gasteiger partial charge in [-0.05, 0) is 36.6 Å². The van der Waals surface area contributed by atoms with Crippen molar-refractivity contribution in [1.29, 1.82) is 0 Å². The molecule has 1 fully saturated rings. The fourth-order valence-corrected chi connectivity index (χ4v) is 3.60. The molecule has 1 amide bonds. The lowest BCUT2D eigenvalue weighted by molar-refractivity contribution is 0.0383. The van der Waals surface area contributed by atoms with E-state index < -0.39 is 0 Å². The van der Waals surface area contributed by atoms with E-state index in [-0.39, 0.29) is 5.91 Å². The lowest BCUT2D eigenvalue weighted by atomic mass is 10.0. The van der Waals surface area contributed by atoms with Gasteiger partial charge in [0.15, 0.2) is 11.5 Å². The summed E-state index contributed by atoms with van der Waals surface area (Å²) in [7, 11) is 0. The van der Waals surface area contributed by atoms with E-state index in [4.69, 9.17) is 4.74 Å². The van der Waals surface area contributed by atoms with Crippen LogP contribution in [0.15, 0.2) is 36.4 Å². The van der Waals surface area contributed by atoms with Crippen molar-refractivity contribution in [2.75, 3.05) is 50.8 Å². The molecule has 0 aliphatic carbocycles. The van der Waals surface area contributed by atoms with Crippen LogP contribution in [0.25, 0.3) is 0 Å². The number of nitrogens with zero attached hydrogens (tertiary/aromatic N) is 4. The maximum Gasteiger partial charge on any atom is 0.271 e. The topological polar surface area (TPSA) is 70.6 Å². The first-order valence-electron chi connectivity index (χ1n) is 9.59. The van der Waals surface area contributed by atoms with Crippen LogP contribution in [0.5, 0.6) is 0 Å². The van der Waals surface area contributed by atoms with Gasteiger partial charge in [-0.25, -0.2) is 0 Å². The number of fused-ring (bicyclic) bond motifs is 1. The van der Waals surface area contributed by atoms with Crippen molar-refractivity contribution in [2.24, 2.45) is 0 Å². The zero-order chi connectivity index (χ0) is 18.5. The number of amides is 1. The highest BCUT2D eigenvalue weighted by molar-refractivity contribution is 5.92. The highest BCUT2D eigenvalue weighted by atomic mass is 16.5. The summed E-state index contributed by atoms with van der Waals surface area (Å²) < 4.78 is 5.33. The Labute approximate surface area is 159 Å². The van der Waals surface area contributed by atoms with E-state index >= 15 is 0 Å². The number of rotatable bonds is 5. The molecule has 1 saturated heterocycles. The third-order valence-electron chi connectivity index (χ3n) is 5.09. The van der Waals surface area contributed by atoms with Crippen LogP contribution in [0.3, 0.4) is 0 Å². The maximum atomic E-state index is 12.3. The van der Waals surface area contributed by atoms with Crippen molar-refractivity contribution < 1.29 is 9.53 Å². The van der Waals surface area contributed by atoms with Gasteiger partial charge >= 0.3 is 0 Å². The van der Waals surface area contributed by atoms with Crippen LogP contribution >= 0.6 is 0 Å². The number of morpholine rings is 1. The molecule has 4 rings (SSSR count). The second kappa shape index (κ2) is 8.45. The first-order chi connectivity index (χ1) is 13.3. The Morgan fingerprint density at radius 2 is 1.93 bits per heavy atom. The quantitative estimate of drug-likeness (QED) is 0.866. The van der Waals surface area contributed by atoms with Crippen molar-refractivity contribution in [1.82, 2.24) is 20.4 Å². The van der Waals surface area contributed by atoms with Crippen molar-refractivity contribution in [3.8, 4) is 0 Å². The highest BCUT2D eigenvalue weighted by Gasteiger charge is 2.19. The molecule has 2 aliphatic heterocycles. The number of anilines is 2. The van der Waals surface area contributed by atoms with Gasteiger partial charge in [-0.2, -0.15) is 0 Å². The molecule has 2 aromatic rings. The first kappa shape index (κ1) is 17.9. The molecule has 0 bridgehead atoms. The Kier molecular flexibility index (Phi) is 5.60. The summed E-state index contributed by atoms with van der Waals surface area (Å²) in [5.41, 5.74) is 2.86. The molecule has 142 valence electrons. The largest absolute Gasteiger partial charge is 0.379 e. The van der Waals surface area contributed by atoms with Crippen LogP contribution in [-0.2, 0) is 11.2 Å². The number of para-hydroxylation sites is 1. The molecule has 0 atom stereocenters. The molecule has 0 spiro atoms. The minimum atomic E-state index is -0.179. The summed E-state index contributed by atoms with van der Waals surface area (Å²) in [6.45, 7) is 5.70. The molecule has 7 heteroatoms. The molecule has 3 heterocycles. The van der Waals surface area contributed by atoms with E-state index in [0.717, 1.165) is 58.1 Å². The zero-order valence-corrected chi connectivity index (χ0v) is 15.4. The second-order valence-corrected chi connectivity index (χ2v) is 6.87. The minimum Gasteiger partial charge on any atom is -0.379 e. The van der Waals surface area contributed by atoms with E-state index in [1.807, 2.05) is 12.1 Å². The Morgan fingerprint density at radius 1 is 1.07 bits per heavy atom. The Balaban J connectivity index is 1.35. The van der Waals surface area contributed by atoms with E-state index in [0.29, 0.717) is 12.2 Å². The SMILES string of the molecule is O=C(NCCN1CCOCC1)c1ccc(N2CCCc3ccccc32)nn1. The summed E-state index contributed by atoms with van der Waals surface area (Å²) in [5.74, 6) is 0.605. The summed E-state index contributed by atoms with van der Waals surface area (Å²) in [6, 6.07) is 12.0. The molecular formula is C20H25N5O2. The molecule has 1 aromatic carbocycles. The van der Waals surface area contributed by atoms with Crippen molar-refractivity contribution in [3.63, 3.8) is 0 Å². The summed E-state index contributed by atoms with van der Waals surface area (Å²) in [6.07, 6.45) is 2.17. The normalized spacial score (nSPS) is 17.4. The van der Waals surface area contributed by atoms with Crippen LogP contribution in [0.4, 0.5) is 11.5 Å². The van der Waals surface area contributed by atoms with E-state index in [1.165, 1.54) is 11.3 Å². The standard InChI is InChI=1S/C20H25N5O2/c26-20(21-9-11-24-12-14-27-15-13-24)17-7-8-19(23-22-17)25-10-3-5-16-4-1-2-6-18(16)25/h1-2,4,6-8H,3,5,9-15H2,(H,21,26). The smallest absolute Gasteiger partial charge is 0.271 e. The van der Waals surface area contributed by atoms with Gasteiger partial charge in [0, 0.05) is 38.4 Å². The van der Waals surface area contributed by atoms with Gasteiger partial charge in [-0.15, -0.1) is 10.2 Å². The molecule has 2 aliphatic rings. The van der Waals surface area contributed by atoms with Gasteiger partial charge in [0.2, 0.25) is 0 Å². The summed E-state index contributed by atoms with van der Waals surface area (Å²) >= 11 is 0. The molecule has 1 N–H and O–H groups in total. The number of carbonyl (C=O) groups is 1. The highest BCUT2D eigenvalue weighted by Crippen LogP contribution is 2.31. The molecule has 1 aromatic heterocycles. The number of hydrogen-bond acceptors (Lipinski definition) is 6. The van der Waals surface area contributed by atoms with Crippen LogP contribution in [-0.4, -0.2) is 66.9 Å². The van der Waals surface area contributed by atoms with Gasteiger partial charge < -0.3 is 15.0 Å². The van der Waals surface area contributed by atoms with Gasteiger partial charge in [-0.3, -0.25) is 9.69 Å². The summed E-state index contributed by atoms with van der Waals surface area (Å²) in [5, 5.41) is 11.4. The van der Waals surface area contributed by atoms with Gasteiger partial charge in [0.25, 0.3) is 5.91 Å². The first-order valence-corrected chi connectivity index (χ1v) is 9.59. The third kappa shape index (κ3) is 4.26. The third-order valence-corrected chi connectivity index (χ3v) is 5.09. The summed E-state index contributed by atoms with van der Waals surface area (Å²) in [4.78, 5) is 16.8. The lowest BCUT2D eigenvalue weighted by Gasteiger charge is -2.29. The predicted octanol–water partition coefficient (Wildman–Crippen LogP) is 1.62. The number of ether oxygens (including phenoxy) is 1. The second-order valence-electron chi connectivity index (χ2n) is 6.87. The van der Waals surface area contributed by atoms with E-state index in [9.17, 15) is 4.79 Å². The van der Waals surface area contributed by atoms with Crippen molar-refractivity contribution >= 4 is 17.4 Å². The Hall–Kier alpha value is -2.51. The number of benzene rings is 1. The van der Waals surface area contributed by atoms with Crippen molar-refractivity contribution in [3.05, 3.63) is 47.7 Å². The fourth-order valence-electron chi connectivity index (χ4n) is 3.60.